The Hall–Kier alpha value is -1.54. The van der Waals surface area contributed by atoms with Crippen LogP contribution in [0, 0.1) is 0 Å². The summed E-state index contributed by atoms with van der Waals surface area (Å²) in [6.07, 6.45) is 2.99. The molecule has 2 rings (SSSR count). The maximum absolute atomic E-state index is 5.53. The molecule has 0 radical (unpaired) electrons. The molecule has 0 aliphatic carbocycles. The first-order valence-corrected chi connectivity index (χ1v) is 4.78. The van der Waals surface area contributed by atoms with Gasteiger partial charge in [-0.1, -0.05) is 30.3 Å². The molecular formula is C12H14N2. The van der Waals surface area contributed by atoms with Crippen LogP contribution in [-0.4, -0.2) is 4.98 Å². The van der Waals surface area contributed by atoms with E-state index in [1.54, 1.807) is 0 Å². The van der Waals surface area contributed by atoms with Gasteiger partial charge in [0.1, 0.15) is 0 Å². The van der Waals surface area contributed by atoms with Crippen molar-refractivity contribution in [3.63, 3.8) is 0 Å². The number of nitrogens with one attached hydrogen (secondary N) is 1. The van der Waals surface area contributed by atoms with Crippen molar-refractivity contribution in [1.29, 1.82) is 0 Å². The normalized spacial score (nSPS) is 10.4. The van der Waals surface area contributed by atoms with Crippen LogP contribution in [0.3, 0.4) is 0 Å². The second-order valence-corrected chi connectivity index (χ2v) is 3.40. The van der Waals surface area contributed by atoms with Gasteiger partial charge in [0.15, 0.2) is 0 Å². The van der Waals surface area contributed by atoms with E-state index in [2.05, 4.69) is 35.3 Å². The third-order valence-corrected chi connectivity index (χ3v) is 2.27. The van der Waals surface area contributed by atoms with E-state index in [4.69, 9.17) is 5.73 Å². The standard InChI is InChI=1S/C12H14N2/c13-8-12-7-11(9-14-12)6-10-4-2-1-3-5-10/h1-5,7,9,14H,6,8,13H2. The largest absolute Gasteiger partial charge is 0.364 e. The number of benzene rings is 1. The van der Waals surface area contributed by atoms with Crippen LogP contribution in [0.15, 0.2) is 42.6 Å². The summed E-state index contributed by atoms with van der Waals surface area (Å²) in [6, 6.07) is 12.5. The van der Waals surface area contributed by atoms with Crippen LogP contribution in [0.25, 0.3) is 0 Å². The molecule has 0 unspecified atom stereocenters. The van der Waals surface area contributed by atoms with Gasteiger partial charge in [-0.15, -0.1) is 0 Å². The fourth-order valence-corrected chi connectivity index (χ4v) is 1.54. The molecule has 2 heteroatoms. The molecule has 0 aliphatic rings. The van der Waals surface area contributed by atoms with Crippen LogP contribution < -0.4 is 5.73 Å². The Kier molecular flexibility index (Phi) is 2.65. The molecular weight excluding hydrogens is 172 g/mol. The summed E-state index contributed by atoms with van der Waals surface area (Å²) < 4.78 is 0. The minimum atomic E-state index is 0.578. The monoisotopic (exact) mass is 186 g/mol. The lowest BCUT2D eigenvalue weighted by atomic mass is 10.1. The van der Waals surface area contributed by atoms with Crippen molar-refractivity contribution in [1.82, 2.24) is 4.98 Å². The molecule has 0 spiro atoms. The first kappa shape index (κ1) is 9.03. The van der Waals surface area contributed by atoms with Gasteiger partial charge in [-0.3, -0.25) is 0 Å². The fourth-order valence-electron chi connectivity index (χ4n) is 1.54. The highest BCUT2D eigenvalue weighted by Gasteiger charge is 1.98. The van der Waals surface area contributed by atoms with Gasteiger partial charge >= 0.3 is 0 Å². The van der Waals surface area contributed by atoms with Crippen molar-refractivity contribution in [2.75, 3.05) is 0 Å². The molecule has 1 aromatic carbocycles. The van der Waals surface area contributed by atoms with Gasteiger partial charge in [0.05, 0.1) is 0 Å². The van der Waals surface area contributed by atoms with Gasteiger partial charge in [-0.2, -0.15) is 0 Å². The molecule has 2 aromatic rings. The van der Waals surface area contributed by atoms with Crippen LogP contribution in [0.4, 0.5) is 0 Å². The van der Waals surface area contributed by atoms with Gasteiger partial charge in [-0.25, -0.2) is 0 Å². The lowest BCUT2D eigenvalue weighted by molar-refractivity contribution is 1.01. The van der Waals surface area contributed by atoms with Crippen LogP contribution >= 0.6 is 0 Å². The second-order valence-electron chi connectivity index (χ2n) is 3.40. The molecule has 14 heavy (non-hydrogen) atoms. The Morgan fingerprint density at radius 3 is 2.50 bits per heavy atom. The number of aromatic amines is 1. The molecule has 0 atom stereocenters. The van der Waals surface area contributed by atoms with E-state index in [1.807, 2.05) is 12.3 Å². The highest BCUT2D eigenvalue weighted by molar-refractivity contribution is 5.26. The summed E-state index contributed by atoms with van der Waals surface area (Å²) in [7, 11) is 0. The fraction of sp³-hybridized carbons (Fsp3) is 0.167. The zero-order valence-electron chi connectivity index (χ0n) is 8.03. The van der Waals surface area contributed by atoms with Crippen molar-refractivity contribution in [3.05, 3.63) is 59.4 Å². The van der Waals surface area contributed by atoms with E-state index >= 15 is 0 Å². The zero-order valence-corrected chi connectivity index (χ0v) is 8.03. The van der Waals surface area contributed by atoms with E-state index in [1.165, 1.54) is 11.1 Å². The Morgan fingerprint density at radius 2 is 1.86 bits per heavy atom. The highest BCUT2D eigenvalue weighted by atomic mass is 14.7. The number of H-pyrrole nitrogens is 1. The predicted molar refractivity (Wildman–Crippen MR) is 57.9 cm³/mol. The highest BCUT2D eigenvalue weighted by Crippen LogP contribution is 2.10. The maximum atomic E-state index is 5.53. The summed E-state index contributed by atoms with van der Waals surface area (Å²) >= 11 is 0. The molecule has 0 saturated carbocycles. The third-order valence-electron chi connectivity index (χ3n) is 2.27. The lowest BCUT2D eigenvalue weighted by Gasteiger charge is -1.96. The maximum Gasteiger partial charge on any atom is 0.0332 e. The molecule has 2 nitrogen and oxygen atoms in total. The summed E-state index contributed by atoms with van der Waals surface area (Å²) in [6.45, 7) is 0.578. The molecule has 0 bridgehead atoms. The summed E-state index contributed by atoms with van der Waals surface area (Å²) in [5.41, 5.74) is 9.24. The van der Waals surface area contributed by atoms with Crippen LogP contribution in [-0.2, 0) is 13.0 Å². The van der Waals surface area contributed by atoms with Crippen LogP contribution in [0.5, 0.6) is 0 Å². The number of rotatable bonds is 3. The number of hydrogen-bond donors (Lipinski definition) is 2. The number of aromatic nitrogens is 1. The molecule has 0 amide bonds. The van der Waals surface area contributed by atoms with E-state index in [0.29, 0.717) is 6.54 Å². The quantitative estimate of drug-likeness (QED) is 0.757. The van der Waals surface area contributed by atoms with Crippen LogP contribution in [0.1, 0.15) is 16.8 Å². The average molecular weight is 186 g/mol. The van der Waals surface area contributed by atoms with Gasteiger partial charge in [0, 0.05) is 18.4 Å². The van der Waals surface area contributed by atoms with E-state index in [0.717, 1.165) is 12.1 Å². The Morgan fingerprint density at radius 1 is 1.07 bits per heavy atom. The zero-order chi connectivity index (χ0) is 9.80. The van der Waals surface area contributed by atoms with Crippen molar-refractivity contribution in [3.8, 4) is 0 Å². The molecule has 0 fully saturated rings. The van der Waals surface area contributed by atoms with Gasteiger partial charge in [0.2, 0.25) is 0 Å². The first-order valence-electron chi connectivity index (χ1n) is 4.78. The van der Waals surface area contributed by atoms with Crippen molar-refractivity contribution in [2.45, 2.75) is 13.0 Å². The smallest absolute Gasteiger partial charge is 0.0332 e. The minimum absolute atomic E-state index is 0.578. The summed E-state index contributed by atoms with van der Waals surface area (Å²) in [5.74, 6) is 0. The Balaban J connectivity index is 2.11. The van der Waals surface area contributed by atoms with E-state index in [9.17, 15) is 0 Å². The average Bonchev–Trinajstić information content (AvgIpc) is 2.67. The molecule has 0 saturated heterocycles. The van der Waals surface area contributed by atoms with Crippen LogP contribution in [0.2, 0.25) is 0 Å². The Labute approximate surface area is 83.8 Å². The van der Waals surface area contributed by atoms with Crippen molar-refractivity contribution < 1.29 is 0 Å². The molecule has 72 valence electrons. The number of hydrogen-bond acceptors (Lipinski definition) is 1. The Bertz CT molecular complexity index is 390. The SMILES string of the molecule is NCc1cc(Cc2ccccc2)c[nH]1. The van der Waals surface area contributed by atoms with Crippen molar-refractivity contribution >= 4 is 0 Å². The van der Waals surface area contributed by atoms with Gasteiger partial charge in [0.25, 0.3) is 0 Å². The molecule has 1 heterocycles. The summed E-state index contributed by atoms with van der Waals surface area (Å²) in [5, 5.41) is 0. The lowest BCUT2D eigenvalue weighted by Crippen LogP contribution is -1.95. The minimum Gasteiger partial charge on any atom is -0.364 e. The number of nitrogens with two attached hydrogens (primary N) is 1. The van der Waals surface area contributed by atoms with Gasteiger partial charge in [-0.05, 0) is 23.6 Å². The second kappa shape index (κ2) is 4.11. The third kappa shape index (κ3) is 2.03. The predicted octanol–water partition coefficient (Wildman–Crippen LogP) is 2.06. The van der Waals surface area contributed by atoms with E-state index in [-0.39, 0.29) is 0 Å². The molecule has 0 aliphatic heterocycles. The summed E-state index contributed by atoms with van der Waals surface area (Å²) in [4.78, 5) is 3.15. The van der Waals surface area contributed by atoms with Gasteiger partial charge < -0.3 is 10.7 Å². The molecule has 1 aromatic heterocycles. The molecule has 3 N–H and O–H groups in total. The first-order chi connectivity index (χ1) is 6.88. The van der Waals surface area contributed by atoms with E-state index < -0.39 is 0 Å². The van der Waals surface area contributed by atoms with Crippen molar-refractivity contribution in [2.24, 2.45) is 5.73 Å². The topological polar surface area (TPSA) is 41.8 Å².